The van der Waals surface area contributed by atoms with Crippen LogP contribution in [0.15, 0.2) is 0 Å². The number of carboxylic acids is 2. The maximum Gasteiger partial charge on any atom is 0.341 e. The number of ether oxygens (including phenoxy) is 2. The lowest BCUT2D eigenvalue weighted by atomic mass is 10.3. The highest BCUT2D eigenvalue weighted by Gasteiger charge is 2.36. The summed E-state index contributed by atoms with van der Waals surface area (Å²) in [6.45, 7) is -2.24. The van der Waals surface area contributed by atoms with Crippen molar-refractivity contribution in [2.45, 2.75) is 11.7 Å². The normalized spacial score (nSPS) is 12.2. The Kier molecular flexibility index (Phi) is 6.58. The number of rotatable bonds is 8. The van der Waals surface area contributed by atoms with Gasteiger partial charge in [-0.1, -0.05) is 0 Å². The summed E-state index contributed by atoms with van der Waals surface area (Å²) < 4.78 is 38.6. The molecule has 0 rings (SSSR count). The van der Waals surface area contributed by atoms with Crippen LogP contribution in [-0.2, 0) is 38.8 Å². The highest BCUT2D eigenvalue weighted by Crippen LogP contribution is 2.08. The lowest BCUT2D eigenvalue weighted by Gasteiger charge is -2.11. The summed E-state index contributed by atoms with van der Waals surface area (Å²) in [7, 11) is -5.06. The molecule has 0 aromatic carbocycles. The molecule has 12 heteroatoms. The van der Waals surface area contributed by atoms with Crippen LogP contribution in [0, 0.1) is 0 Å². The molecule has 0 saturated carbocycles. The van der Waals surface area contributed by atoms with Gasteiger partial charge in [0.05, 0.1) is 6.42 Å². The van der Waals surface area contributed by atoms with E-state index in [4.69, 9.17) is 14.8 Å². The van der Waals surface area contributed by atoms with Crippen molar-refractivity contribution in [3.05, 3.63) is 0 Å². The standard InChI is InChI=1S/C8H10O11S/c9-5(10)2-18-7(13)1-4(20(15,16)17)8(14)19-3-6(11)12/h4H,1-3H2,(H,9,10)(H,11,12)(H,15,16,17). The van der Waals surface area contributed by atoms with Gasteiger partial charge < -0.3 is 19.7 Å². The zero-order valence-electron chi connectivity index (χ0n) is 9.71. The molecule has 0 heterocycles. The number of hydrogen-bond acceptors (Lipinski definition) is 8. The highest BCUT2D eigenvalue weighted by molar-refractivity contribution is 7.87. The summed E-state index contributed by atoms with van der Waals surface area (Å²) in [4.78, 5) is 42.5. The first-order valence-corrected chi connectivity index (χ1v) is 6.26. The predicted molar refractivity (Wildman–Crippen MR) is 57.1 cm³/mol. The summed E-state index contributed by atoms with van der Waals surface area (Å²) in [5.74, 6) is -6.18. The molecule has 0 spiro atoms. The van der Waals surface area contributed by atoms with Gasteiger partial charge in [0, 0.05) is 0 Å². The molecule has 114 valence electrons. The van der Waals surface area contributed by atoms with Crippen LogP contribution >= 0.6 is 0 Å². The summed E-state index contributed by atoms with van der Waals surface area (Å²) in [6.07, 6.45) is -1.22. The second-order valence-electron chi connectivity index (χ2n) is 3.26. The van der Waals surface area contributed by atoms with Crippen molar-refractivity contribution in [2.24, 2.45) is 0 Å². The SMILES string of the molecule is O=C(O)COC(=O)CC(C(=O)OCC(=O)O)S(=O)(=O)O. The van der Waals surface area contributed by atoms with Gasteiger partial charge in [-0.15, -0.1) is 0 Å². The average Bonchev–Trinajstić information content (AvgIpc) is 2.28. The lowest BCUT2D eigenvalue weighted by Crippen LogP contribution is -2.35. The lowest BCUT2D eigenvalue weighted by molar-refractivity contribution is -0.158. The van der Waals surface area contributed by atoms with Crippen molar-refractivity contribution in [1.29, 1.82) is 0 Å². The molecule has 0 bridgehead atoms. The molecule has 0 aliphatic rings. The van der Waals surface area contributed by atoms with Crippen LogP contribution in [-0.4, -0.2) is 65.5 Å². The minimum atomic E-state index is -5.06. The molecule has 11 nitrogen and oxygen atoms in total. The molecule has 1 atom stereocenters. The molecule has 0 aliphatic heterocycles. The highest BCUT2D eigenvalue weighted by atomic mass is 32.2. The van der Waals surface area contributed by atoms with E-state index in [1.807, 2.05) is 0 Å². The Hall–Kier alpha value is -2.21. The minimum absolute atomic E-state index is 1.07. The smallest absolute Gasteiger partial charge is 0.341 e. The van der Waals surface area contributed by atoms with Crippen LogP contribution < -0.4 is 0 Å². The Bertz CT molecular complexity index is 505. The molecule has 3 N–H and O–H groups in total. The Morgan fingerprint density at radius 3 is 1.80 bits per heavy atom. The van der Waals surface area contributed by atoms with E-state index in [0.717, 1.165) is 0 Å². The monoisotopic (exact) mass is 314 g/mol. The Labute approximate surface area is 111 Å². The van der Waals surface area contributed by atoms with E-state index in [-0.39, 0.29) is 0 Å². The fourth-order valence-electron chi connectivity index (χ4n) is 0.889. The van der Waals surface area contributed by atoms with Crippen molar-refractivity contribution < 1.29 is 51.8 Å². The van der Waals surface area contributed by atoms with Crippen LogP contribution in [0.2, 0.25) is 0 Å². The number of hydrogen-bond donors (Lipinski definition) is 3. The first-order chi connectivity index (χ1) is 9.04. The molecule has 0 fully saturated rings. The molecular formula is C8H10O11S. The van der Waals surface area contributed by atoms with Crippen LogP contribution in [0.3, 0.4) is 0 Å². The minimum Gasteiger partial charge on any atom is -0.479 e. The second kappa shape index (κ2) is 7.40. The number of carbonyl (C=O) groups is 4. The van der Waals surface area contributed by atoms with Gasteiger partial charge in [-0.05, 0) is 0 Å². The van der Waals surface area contributed by atoms with Crippen molar-refractivity contribution in [1.82, 2.24) is 0 Å². The van der Waals surface area contributed by atoms with Crippen LogP contribution in [0.1, 0.15) is 6.42 Å². The second-order valence-corrected chi connectivity index (χ2v) is 4.86. The number of carbonyl (C=O) groups excluding carboxylic acids is 2. The molecule has 0 aliphatic carbocycles. The largest absolute Gasteiger partial charge is 0.479 e. The third-order valence-corrected chi connectivity index (χ3v) is 2.75. The van der Waals surface area contributed by atoms with Crippen molar-refractivity contribution in [3.8, 4) is 0 Å². The van der Waals surface area contributed by atoms with E-state index in [1.54, 1.807) is 0 Å². The van der Waals surface area contributed by atoms with Gasteiger partial charge in [-0.3, -0.25) is 14.1 Å². The summed E-state index contributed by atoms with van der Waals surface area (Å²) in [6, 6.07) is 0. The van der Waals surface area contributed by atoms with Gasteiger partial charge in [-0.25, -0.2) is 9.59 Å². The molecule has 0 amide bonds. The first-order valence-electron chi connectivity index (χ1n) is 4.76. The zero-order valence-corrected chi connectivity index (χ0v) is 10.5. The molecule has 0 aromatic heterocycles. The van der Waals surface area contributed by atoms with E-state index >= 15 is 0 Å². The van der Waals surface area contributed by atoms with Gasteiger partial charge in [0.25, 0.3) is 10.1 Å². The number of esters is 2. The first kappa shape index (κ1) is 17.8. The van der Waals surface area contributed by atoms with Gasteiger partial charge >= 0.3 is 23.9 Å². The predicted octanol–water partition coefficient (Wildman–Crippen LogP) is -2.11. The quantitative estimate of drug-likeness (QED) is 0.329. The molecule has 0 saturated heterocycles. The molecule has 20 heavy (non-hydrogen) atoms. The van der Waals surface area contributed by atoms with Gasteiger partial charge in [0.15, 0.2) is 18.5 Å². The molecule has 0 radical (unpaired) electrons. The van der Waals surface area contributed by atoms with Crippen LogP contribution in [0.5, 0.6) is 0 Å². The van der Waals surface area contributed by atoms with Crippen molar-refractivity contribution in [2.75, 3.05) is 13.2 Å². The number of carboxylic acid groups (broad SMARTS) is 2. The maximum atomic E-state index is 11.2. The Morgan fingerprint density at radius 1 is 0.950 bits per heavy atom. The Morgan fingerprint density at radius 2 is 1.40 bits per heavy atom. The van der Waals surface area contributed by atoms with E-state index in [1.165, 1.54) is 0 Å². The fourth-order valence-corrected chi connectivity index (χ4v) is 1.55. The van der Waals surface area contributed by atoms with Crippen LogP contribution in [0.25, 0.3) is 0 Å². The summed E-state index contributed by atoms with van der Waals surface area (Å²) >= 11 is 0. The van der Waals surface area contributed by atoms with E-state index in [2.05, 4.69) is 9.47 Å². The average molecular weight is 314 g/mol. The number of aliphatic carboxylic acids is 2. The summed E-state index contributed by atoms with van der Waals surface area (Å²) in [5.41, 5.74) is 0. The van der Waals surface area contributed by atoms with Gasteiger partial charge in [-0.2, -0.15) is 8.42 Å². The third-order valence-electron chi connectivity index (χ3n) is 1.67. The Balaban J connectivity index is 4.74. The molecular weight excluding hydrogens is 304 g/mol. The van der Waals surface area contributed by atoms with Gasteiger partial charge in [0.2, 0.25) is 0 Å². The van der Waals surface area contributed by atoms with Crippen molar-refractivity contribution in [3.63, 3.8) is 0 Å². The van der Waals surface area contributed by atoms with Crippen molar-refractivity contribution >= 4 is 34.0 Å². The van der Waals surface area contributed by atoms with E-state index < -0.39 is 58.9 Å². The van der Waals surface area contributed by atoms with E-state index in [9.17, 15) is 27.6 Å². The molecule has 1 unspecified atom stereocenters. The maximum absolute atomic E-state index is 11.2. The zero-order chi connectivity index (χ0) is 15.9. The van der Waals surface area contributed by atoms with Crippen LogP contribution in [0.4, 0.5) is 0 Å². The summed E-state index contributed by atoms with van der Waals surface area (Å²) in [5, 5.41) is 14.0. The topological polar surface area (TPSA) is 182 Å². The third kappa shape index (κ3) is 7.27. The molecule has 0 aromatic rings. The van der Waals surface area contributed by atoms with Gasteiger partial charge in [0.1, 0.15) is 0 Å². The van der Waals surface area contributed by atoms with E-state index in [0.29, 0.717) is 0 Å². The fraction of sp³-hybridized carbons (Fsp3) is 0.500.